The van der Waals surface area contributed by atoms with Gasteiger partial charge in [0.05, 0.1) is 75.4 Å². The van der Waals surface area contributed by atoms with Gasteiger partial charge in [0.15, 0.2) is 0 Å². The van der Waals surface area contributed by atoms with Gasteiger partial charge < -0.3 is 13.9 Å². The minimum Gasteiger partial charge on any atom is -0.497 e. The number of hydrogen-bond acceptors (Lipinski definition) is 5. The van der Waals surface area contributed by atoms with E-state index < -0.39 is 0 Å². The lowest BCUT2D eigenvalue weighted by atomic mass is 10.1. The van der Waals surface area contributed by atoms with Crippen LogP contribution in [0.4, 0.5) is 0 Å². The number of para-hydroxylation sites is 2. The molecule has 214 valence electrons. The van der Waals surface area contributed by atoms with E-state index in [0.717, 1.165) is 82.7 Å². The van der Waals surface area contributed by atoms with Crippen LogP contribution in [-0.2, 0) is 0 Å². The van der Waals surface area contributed by atoms with Crippen molar-refractivity contribution in [3.63, 3.8) is 0 Å². The first-order chi connectivity index (χ1) is 22.3. The number of ether oxygens (including phenoxy) is 1. The highest BCUT2D eigenvalue weighted by molar-refractivity contribution is 7.13. The molecule has 0 N–H and O–H groups in total. The van der Waals surface area contributed by atoms with Crippen LogP contribution in [0.25, 0.3) is 76.9 Å². The topological polar surface area (TPSA) is 57.8 Å². The number of aromatic nitrogens is 5. The van der Waals surface area contributed by atoms with Gasteiger partial charge in [0.1, 0.15) is 5.75 Å². The zero-order valence-corrected chi connectivity index (χ0v) is 25.1. The van der Waals surface area contributed by atoms with E-state index >= 15 is 0 Å². The van der Waals surface area contributed by atoms with E-state index in [2.05, 4.69) is 112 Å². The van der Waals surface area contributed by atoms with E-state index in [4.69, 9.17) is 19.7 Å². The Hall–Kier alpha value is -5.79. The Bertz CT molecular complexity index is 2530. The molecular formula is C38H25N5OS. The van der Waals surface area contributed by atoms with Gasteiger partial charge in [-0.15, -0.1) is 11.3 Å². The van der Waals surface area contributed by atoms with Crippen LogP contribution >= 0.6 is 11.3 Å². The molecule has 45 heavy (non-hydrogen) atoms. The predicted octanol–water partition coefficient (Wildman–Crippen LogP) is 9.47. The smallest absolute Gasteiger partial charge is 0.120 e. The monoisotopic (exact) mass is 599 g/mol. The van der Waals surface area contributed by atoms with Gasteiger partial charge in [-0.05, 0) is 60.0 Å². The molecule has 9 aromatic rings. The lowest BCUT2D eigenvalue weighted by Gasteiger charge is -2.10. The van der Waals surface area contributed by atoms with Crippen LogP contribution in [0.3, 0.4) is 0 Å². The Morgan fingerprint density at radius 1 is 0.511 bits per heavy atom. The normalized spacial score (nSPS) is 11.7. The molecule has 0 aliphatic rings. The lowest BCUT2D eigenvalue weighted by Crippen LogP contribution is -1.96. The van der Waals surface area contributed by atoms with Crippen molar-refractivity contribution >= 4 is 54.9 Å². The van der Waals surface area contributed by atoms with Gasteiger partial charge in [0, 0.05) is 33.3 Å². The third kappa shape index (κ3) is 4.05. The minimum atomic E-state index is 0.814. The van der Waals surface area contributed by atoms with Crippen molar-refractivity contribution in [1.29, 1.82) is 0 Å². The van der Waals surface area contributed by atoms with E-state index in [9.17, 15) is 0 Å². The third-order valence-corrected chi connectivity index (χ3v) is 9.36. The fourth-order valence-electron chi connectivity index (χ4n) is 6.41. The van der Waals surface area contributed by atoms with Gasteiger partial charge >= 0.3 is 0 Å². The average Bonchev–Trinajstić information content (AvgIpc) is 3.83. The number of hydrogen-bond donors (Lipinski definition) is 0. The molecule has 0 aliphatic carbocycles. The SMILES string of the molecule is COc1cccc(-n2c3ccccc3c3cc(-c4cc5c6ccccc6n(-c6ccc(-c7cccs7)nc6)c5cn4)ncc32)c1. The second kappa shape index (κ2) is 10.1. The molecule has 0 saturated carbocycles. The largest absolute Gasteiger partial charge is 0.497 e. The first-order valence-electron chi connectivity index (χ1n) is 14.7. The van der Waals surface area contributed by atoms with Gasteiger partial charge in [-0.3, -0.25) is 15.0 Å². The molecule has 0 fully saturated rings. The number of fused-ring (bicyclic) bond motifs is 6. The Morgan fingerprint density at radius 3 is 1.76 bits per heavy atom. The third-order valence-electron chi connectivity index (χ3n) is 8.47. The van der Waals surface area contributed by atoms with Gasteiger partial charge in [0.2, 0.25) is 0 Å². The molecule has 0 unspecified atom stereocenters. The van der Waals surface area contributed by atoms with Crippen molar-refractivity contribution in [2.24, 2.45) is 0 Å². The van der Waals surface area contributed by atoms with E-state index in [-0.39, 0.29) is 0 Å². The van der Waals surface area contributed by atoms with Crippen LogP contribution in [0, 0.1) is 0 Å². The number of thiophene rings is 1. The molecular weight excluding hydrogens is 575 g/mol. The van der Waals surface area contributed by atoms with E-state index in [1.807, 2.05) is 30.7 Å². The highest BCUT2D eigenvalue weighted by Crippen LogP contribution is 2.37. The summed E-state index contributed by atoms with van der Waals surface area (Å²) in [4.78, 5) is 15.9. The Labute approximate surface area is 262 Å². The van der Waals surface area contributed by atoms with Crippen molar-refractivity contribution in [1.82, 2.24) is 24.1 Å². The second-order valence-electron chi connectivity index (χ2n) is 11.0. The molecule has 0 amide bonds. The molecule has 0 bridgehead atoms. The maximum atomic E-state index is 5.53. The molecule has 0 aliphatic heterocycles. The van der Waals surface area contributed by atoms with E-state index in [1.54, 1.807) is 18.4 Å². The van der Waals surface area contributed by atoms with Crippen molar-refractivity contribution < 1.29 is 4.74 Å². The van der Waals surface area contributed by atoms with Crippen LogP contribution in [0.2, 0.25) is 0 Å². The summed E-state index contributed by atoms with van der Waals surface area (Å²) in [5, 5.41) is 6.65. The fraction of sp³-hybridized carbons (Fsp3) is 0.0263. The summed E-state index contributed by atoms with van der Waals surface area (Å²) in [5.74, 6) is 0.814. The zero-order chi connectivity index (χ0) is 29.9. The molecule has 0 spiro atoms. The summed E-state index contributed by atoms with van der Waals surface area (Å²) in [7, 11) is 1.69. The van der Waals surface area contributed by atoms with Crippen molar-refractivity contribution in [3.05, 3.63) is 133 Å². The first kappa shape index (κ1) is 25.7. The summed E-state index contributed by atoms with van der Waals surface area (Å²) in [5.41, 5.74) is 8.95. The highest BCUT2D eigenvalue weighted by atomic mass is 32.1. The van der Waals surface area contributed by atoms with Crippen molar-refractivity contribution in [2.45, 2.75) is 0 Å². The lowest BCUT2D eigenvalue weighted by molar-refractivity contribution is 0.414. The number of benzene rings is 3. The molecule has 6 nitrogen and oxygen atoms in total. The Morgan fingerprint density at radius 2 is 1.16 bits per heavy atom. The van der Waals surface area contributed by atoms with Crippen LogP contribution in [0.1, 0.15) is 0 Å². The maximum absolute atomic E-state index is 5.53. The standard InChI is InChI=1S/C38H25N5OS/c1-44-26-9-6-8-24(18-26)42-34-12-4-2-10-27(34)29-19-32(40-22-36(29)42)33-20-30-28-11-3-5-13-35(28)43(37(30)23-41-33)25-15-16-31(39-21-25)38-14-7-17-45-38/h2-23H,1H3. The molecule has 0 atom stereocenters. The molecule has 7 heteroatoms. The Balaban J connectivity index is 1.20. The Kier molecular flexibility index (Phi) is 5.79. The molecule has 9 rings (SSSR count). The average molecular weight is 600 g/mol. The summed E-state index contributed by atoms with van der Waals surface area (Å²) in [6.45, 7) is 0. The van der Waals surface area contributed by atoms with Crippen molar-refractivity contribution in [3.8, 4) is 39.1 Å². The molecule has 3 aromatic carbocycles. The van der Waals surface area contributed by atoms with Crippen LogP contribution in [-0.4, -0.2) is 31.2 Å². The minimum absolute atomic E-state index is 0.814. The number of methoxy groups -OCH3 is 1. The van der Waals surface area contributed by atoms with Gasteiger partial charge in [-0.25, -0.2) is 0 Å². The summed E-state index contributed by atoms with van der Waals surface area (Å²) >= 11 is 1.69. The summed E-state index contributed by atoms with van der Waals surface area (Å²) < 4.78 is 10.0. The molecule has 0 saturated heterocycles. The number of pyridine rings is 3. The van der Waals surface area contributed by atoms with E-state index in [1.165, 1.54) is 0 Å². The quantitative estimate of drug-likeness (QED) is 0.198. The van der Waals surface area contributed by atoms with Gasteiger partial charge in [-0.1, -0.05) is 48.5 Å². The number of rotatable bonds is 5. The van der Waals surface area contributed by atoms with Crippen molar-refractivity contribution in [2.75, 3.05) is 7.11 Å². The predicted molar refractivity (Wildman–Crippen MR) is 184 cm³/mol. The van der Waals surface area contributed by atoms with Gasteiger partial charge in [0.25, 0.3) is 0 Å². The number of nitrogens with zero attached hydrogens (tertiary/aromatic N) is 5. The molecule has 0 radical (unpaired) electrons. The molecule has 6 aromatic heterocycles. The molecule has 6 heterocycles. The first-order valence-corrected chi connectivity index (χ1v) is 15.6. The van der Waals surface area contributed by atoms with Gasteiger partial charge in [-0.2, -0.15) is 0 Å². The van der Waals surface area contributed by atoms with Crippen LogP contribution in [0.5, 0.6) is 5.75 Å². The van der Waals surface area contributed by atoms with Crippen LogP contribution in [0.15, 0.2) is 133 Å². The summed E-state index contributed by atoms with van der Waals surface area (Å²) in [6.07, 6.45) is 5.87. The maximum Gasteiger partial charge on any atom is 0.120 e. The highest BCUT2D eigenvalue weighted by Gasteiger charge is 2.17. The fourth-order valence-corrected chi connectivity index (χ4v) is 7.11. The second-order valence-corrected chi connectivity index (χ2v) is 11.9. The summed E-state index contributed by atoms with van der Waals surface area (Å²) in [6, 6.07) is 37.8. The zero-order valence-electron chi connectivity index (χ0n) is 24.3. The van der Waals surface area contributed by atoms with Crippen LogP contribution < -0.4 is 4.74 Å². The van der Waals surface area contributed by atoms with E-state index in [0.29, 0.717) is 0 Å².